The number of imidazole rings is 1. The van der Waals surface area contributed by atoms with E-state index in [4.69, 9.17) is 24.4 Å². The first kappa shape index (κ1) is 20.0. The minimum absolute atomic E-state index is 0.609. The SMILES string of the molecule is CCCCOc1ccc(-n2c(-c3ccc(OC)cc3)nc3nc4ccccc4nc32)cc1. The number of unbranched alkanes of at least 4 members (excludes halogenated alkanes) is 1. The Hall–Kier alpha value is -3.93. The standard InChI is InChI=1S/C26H24N4O2/c1-3-4-17-32-21-15-11-19(12-16-21)30-25(18-9-13-20(31-2)14-10-18)29-24-26(30)28-23-8-6-5-7-22(23)27-24/h5-16H,3-4,17H2,1-2H3. The molecular weight excluding hydrogens is 400 g/mol. The van der Waals surface area contributed by atoms with Crippen LogP contribution < -0.4 is 9.47 Å². The van der Waals surface area contributed by atoms with Crippen LogP contribution in [0.25, 0.3) is 39.4 Å². The van der Waals surface area contributed by atoms with Crippen molar-refractivity contribution in [2.75, 3.05) is 13.7 Å². The predicted molar refractivity (Wildman–Crippen MR) is 127 cm³/mol. The lowest BCUT2D eigenvalue weighted by molar-refractivity contribution is 0.309. The van der Waals surface area contributed by atoms with Crippen molar-refractivity contribution in [3.8, 4) is 28.6 Å². The summed E-state index contributed by atoms with van der Waals surface area (Å²) in [7, 11) is 1.66. The van der Waals surface area contributed by atoms with Crippen molar-refractivity contribution in [2.45, 2.75) is 19.8 Å². The molecule has 5 rings (SSSR count). The number of para-hydroxylation sites is 2. The van der Waals surface area contributed by atoms with Gasteiger partial charge in [-0.15, -0.1) is 0 Å². The van der Waals surface area contributed by atoms with Crippen LogP contribution in [0.3, 0.4) is 0 Å². The molecule has 0 N–H and O–H groups in total. The molecular formula is C26H24N4O2. The lowest BCUT2D eigenvalue weighted by atomic mass is 10.2. The van der Waals surface area contributed by atoms with Gasteiger partial charge in [0.25, 0.3) is 0 Å². The number of fused-ring (bicyclic) bond motifs is 2. The maximum absolute atomic E-state index is 5.84. The zero-order valence-corrected chi connectivity index (χ0v) is 18.2. The Kier molecular flexibility index (Phi) is 5.42. The Morgan fingerprint density at radius 3 is 2.16 bits per heavy atom. The molecule has 0 aliphatic rings. The van der Waals surface area contributed by atoms with Gasteiger partial charge >= 0.3 is 0 Å². The number of ether oxygens (including phenoxy) is 2. The molecule has 0 aliphatic carbocycles. The summed E-state index contributed by atoms with van der Waals surface area (Å²) in [5, 5.41) is 0. The summed E-state index contributed by atoms with van der Waals surface area (Å²) >= 11 is 0. The first-order valence-corrected chi connectivity index (χ1v) is 10.8. The van der Waals surface area contributed by atoms with E-state index < -0.39 is 0 Å². The van der Waals surface area contributed by atoms with Crippen LogP contribution in [0.15, 0.2) is 72.8 Å². The summed E-state index contributed by atoms with van der Waals surface area (Å²) in [6, 6.07) is 23.8. The topological polar surface area (TPSA) is 62.1 Å². The quantitative estimate of drug-likeness (QED) is 0.308. The number of methoxy groups -OCH3 is 1. The third kappa shape index (κ3) is 3.75. The summed E-state index contributed by atoms with van der Waals surface area (Å²) in [5.41, 5.74) is 4.89. The van der Waals surface area contributed by atoms with Gasteiger partial charge in [0, 0.05) is 11.3 Å². The van der Waals surface area contributed by atoms with Gasteiger partial charge in [-0.3, -0.25) is 4.57 Å². The summed E-state index contributed by atoms with van der Waals surface area (Å²) in [5.74, 6) is 2.43. The van der Waals surface area contributed by atoms with Crippen molar-refractivity contribution in [2.24, 2.45) is 0 Å². The first-order chi connectivity index (χ1) is 15.8. The molecule has 0 bridgehead atoms. The normalized spacial score (nSPS) is 11.2. The summed E-state index contributed by atoms with van der Waals surface area (Å²) in [4.78, 5) is 14.5. The monoisotopic (exact) mass is 424 g/mol. The van der Waals surface area contributed by atoms with E-state index in [0.29, 0.717) is 11.3 Å². The van der Waals surface area contributed by atoms with E-state index in [9.17, 15) is 0 Å². The van der Waals surface area contributed by atoms with E-state index in [1.807, 2.05) is 77.4 Å². The van der Waals surface area contributed by atoms with E-state index in [0.717, 1.165) is 59.1 Å². The van der Waals surface area contributed by atoms with E-state index in [1.54, 1.807) is 7.11 Å². The van der Waals surface area contributed by atoms with Crippen molar-refractivity contribution in [3.63, 3.8) is 0 Å². The highest BCUT2D eigenvalue weighted by atomic mass is 16.5. The summed E-state index contributed by atoms with van der Waals surface area (Å²) in [6.07, 6.45) is 2.15. The Labute approximate surface area is 186 Å². The summed E-state index contributed by atoms with van der Waals surface area (Å²) < 4.78 is 13.2. The fourth-order valence-corrected chi connectivity index (χ4v) is 3.66. The van der Waals surface area contributed by atoms with Crippen molar-refractivity contribution in [3.05, 3.63) is 72.8 Å². The van der Waals surface area contributed by atoms with E-state index in [-0.39, 0.29) is 0 Å². The Morgan fingerprint density at radius 2 is 1.47 bits per heavy atom. The molecule has 0 fully saturated rings. The van der Waals surface area contributed by atoms with Gasteiger partial charge in [-0.05, 0) is 67.1 Å². The number of hydrogen-bond acceptors (Lipinski definition) is 5. The fraction of sp³-hybridized carbons (Fsp3) is 0.192. The van der Waals surface area contributed by atoms with E-state index in [1.165, 1.54) is 0 Å². The van der Waals surface area contributed by atoms with Crippen LogP contribution in [0.1, 0.15) is 19.8 Å². The second-order valence-electron chi connectivity index (χ2n) is 7.55. The second kappa shape index (κ2) is 8.67. The Morgan fingerprint density at radius 1 is 0.781 bits per heavy atom. The molecule has 32 heavy (non-hydrogen) atoms. The average molecular weight is 425 g/mol. The molecule has 0 aliphatic heterocycles. The molecule has 0 radical (unpaired) electrons. The van der Waals surface area contributed by atoms with Gasteiger partial charge in [0.05, 0.1) is 24.8 Å². The lowest BCUT2D eigenvalue weighted by Crippen LogP contribution is -2.00. The Balaban J connectivity index is 1.66. The average Bonchev–Trinajstić information content (AvgIpc) is 3.21. The van der Waals surface area contributed by atoms with Gasteiger partial charge in [-0.1, -0.05) is 25.5 Å². The number of benzene rings is 3. The molecule has 2 aromatic heterocycles. The maximum atomic E-state index is 5.84. The lowest BCUT2D eigenvalue weighted by Gasteiger charge is -2.11. The van der Waals surface area contributed by atoms with Crippen LogP contribution in [0.2, 0.25) is 0 Å². The number of aromatic nitrogens is 4. The third-order valence-corrected chi connectivity index (χ3v) is 5.38. The van der Waals surface area contributed by atoms with Crippen LogP contribution >= 0.6 is 0 Å². The van der Waals surface area contributed by atoms with Crippen LogP contribution in [-0.4, -0.2) is 33.2 Å². The van der Waals surface area contributed by atoms with Crippen LogP contribution in [0, 0.1) is 0 Å². The molecule has 0 atom stereocenters. The van der Waals surface area contributed by atoms with Crippen molar-refractivity contribution >= 4 is 22.3 Å². The van der Waals surface area contributed by atoms with Crippen molar-refractivity contribution in [1.82, 2.24) is 19.5 Å². The second-order valence-corrected chi connectivity index (χ2v) is 7.55. The predicted octanol–water partition coefficient (Wildman–Crippen LogP) is 5.82. The van der Waals surface area contributed by atoms with Gasteiger partial charge in [-0.2, -0.15) is 0 Å². The zero-order valence-electron chi connectivity index (χ0n) is 18.2. The van der Waals surface area contributed by atoms with Crippen LogP contribution in [-0.2, 0) is 0 Å². The highest BCUT2D eigenvalue weighted by molar-refractivity contribution is 5.86. The molecule has 5 aromatic rings. The highest BCUT2D eigenvalue weighted by Crippen LogP contribution is 2.30. The largest absolute Gasteiger partial charge is 0.497 e. The van der Waals surface area contributed by atoms with E-state index >= 15 is 0 Å². The van der Waals surface area contributed by atoms with Gasteiger partial charge in [0.15, 0.2) is 11.3 Å². The van der Waals surface area contributed by atoms with Crippen LogP contribution in [0.5, 0.6) is 11.5 Å². The Bertz CT molecular complexity index is 1360. The van der Waals surface area contributed by atoms with Crippen molar-refractivity contribution in [1.29, 1.82) is 0 Å². The van der Waals surface area contributed by atoms with E-state index in [2.05, 4.69) is 6.92 Å². The molecule has 0 saturated heterocycles. The molecule has 6 heteroatoms. The molecule has 2 heterocycles. The zero-order chi connectivity index (χ0) is 21.9. The van der Waals surface area contributed by atoms with Gasteiger partial charge in [0.1, 0.15) is 17.3 Å². The smallest absolute Gasteiger partial charge is 0.199 e. The maximum Gasteiger partial charge on any atom is 0.199 e. The minimum atomic E-state index is 0.609. The third-order valence-electron chi connectivity index (χ3n) is 5.38. The molecule has 0 unspecified atom stereocenters. The van der Waals surface area contributed by atoms with Crippen molar-refractivity contribution < 1.29 is 9.47 Å². The van der Waals surface area contributed by atoms with Gasteiger partial charge in [0.2, 0.25) is 0 Å². The molecule has 0 saturated carbocycles. The molecule has 160 valence electrons. The molecule has 3 aromatic carbocycles. The van der Waals surface area contributed by atoms with Gasteiger partial charge in [-0.25, -0.2) is 15.0 Å². The molecule has 0 spiro atoms. The minimum Gasteiger partial charge on any atom is -0.497 e. The number of nitrogens with zero attached hydrogens (tertiary/aromatic N) is 4. The van der Waals surface area contributed by atoms with Gasteiger partial charge < -0.3 is 9.47 Å². The number of hydrogen-bond donors (Lipinski definition) is 0. The first-order valence-electron chi connectivity index (χ1n) is 10.8. The molecule has 0 amide bonds. The molecule has 6 nitrogen and oxygen atoms in total. The number of rotatable bonds is 7. The summed E-state index contributed by atoms with van der Waals surface area (Å²) in [6.45, 7) is 2.88. The highest BCUT2D eigenvalue weighted by Gasteiger charge is 2.17. The van der Waals surface area contributed by atoms with Crippen LogP contribution in [0.4, 0.5) is 0 Å². The fourth-order valence-electron chi connectivity index (χ4n) is 3.66.